The summed E-state index contributed by atoms with van der Waals surface area (Å²) in [5.74, 6) is 5.58. The van der Waals surface area contributed by atoms with Crippen LogP contribution >= 0.6 is 11.6 Å². The van der Waals surface area contributed by atoms with Crippen molar-refractivity contribution in [2.24, 2.45) is 23.2 Å². The van der Waals surface area contributed by atoms with Gasteiger partial charge in [0.2, 0.25) is 0 Å². The number of rotatable bonds is 0. The molecule has 1 heteroatoms. The molecule has 13 heavy (non-hydrogen) atoms. The lowest BCUT2D eigenvalue weighted by atomic mass is 9.49. The van der Waals surface area contributed by atoms with Crippen LogP contribution in [0.3, 0.4) is 0 Å². The molecule has 4 aliphatic carbocycles. The van der Waals surface area contributed by atoms with Gasteiger partial charge in [-0.05, 0) is 49.9 Å². The summed E-state index contributed by atoms with van der Waals surface area (Å²) in [6.45, 7) is 0. The Labute approximate surface area is 85.0 Å². The zero-order valence-corrected chi connectivity index (χ0v) is 8.56. The van der Waals surface area contributed by atoms with Gasteiger partial charge in [-0.2, -0.15) is 0 Å². The lowest BCUT2D eigenvalue weighted by Crippen LogP contribution is -2.52. The summed E-state index contributed by atoms with van der Waals surface area (Å²) in [5, 5.41) is 0.283. The molecule has 0 radical (unpaired) electrons. The second-order valence-corrected chi connectivity index (χ2v) is 5.78. The molecular formula is C12H15Cl. The standard InChI is InChI=1S/C12H15Cl/c1-2-12-6-8-3-9(7-12)5-10(4-8)11(12)13/h1,8-11H,3-7H2. The molecule has 4 bridgehead atoms. The first-order valence-electron chi connectivity index (χ1n) is 5.35. The maximum absolute atomic E-state index is 6.48. The van der Waals surface area contributed by atoms with Gasteiger partial charge in [-0.3, -0.25) is 0 Å². The van der Waals surface area contributed by atoms with Gasteiger partial charge in [-0.1, -0.05) is 5.92 Å². The lowest BCUT2D eigenvalue weighted by molar-refractivity contribution is -0.0131. The Hall–Kier alpha value is -0.150. The Balaban J connectivity index is 2.01. The topological polar surface area (TPSA) is 0 Å². The van der Waals surface area contributed by atoms with Crippen molar-refractivity contribution >= 4 is 11.6 Å². The van der Waals surface area contributed by atoms with Gasteiger partial charge >= 0.3 is 0 Å². The molecule has 0 saturated heterocycles. The maximum Gasteiger partial charge on any atom is 0.0530 e. The first-order chi connectivity index (χ1) is 6.23. The van der Waals surface area contributed by atoms with E-state index in [4.69, 9.17) is 18.0 Å². The molecule has 4 rings (SSSR count). The number of hydrogen-bond donors (Lipinski definition) is 0. The van der Waals surface area contributed by atoms with Crippen LogP contribution in [0.4, 0.5) is 0 Å². The minimum Gasteiger partial charge on any atom is -0.121 e. The second-order valence-electron chi connectivity index (χ2n) is 5.31. The minimum atomic E-state index is 0.0936. The van der Waals surface area contributed by atoms with Crippen LogP contribution in [0.25, 0.3) is 0 Å². The fourth-order valence-corrected chi connectivity index (χ4v) is 4.62. The van der Waals surface area contributed by atoms with E-state index in [1.807, 2.05) is 0 Å². The summed E-state index contributed by atoms with van der Waals surface area (Å²) in [4.78, 5) is 0. The summed E-state index contributed by atoms with van der Waals surface area (Å²) in [5.41, 5.74) is 0.0936. The zero-order valence-electron chi connectivity index (χ0n) is 7.80. The highest BCUT2D eigenvalue weighted by Gasteiger charge is 2.55. The largest absolute Gasteiger partial charge is 0.121 e. The Morgan fingerprint density at radius 1 is 1.15 bits per heavy atom. The Kier molecular flexibility index (Phi) is 1.54. The van der Waals surface area contributed by atoms with Crippen LogP contribution in [0.1, 0.15) is 32.1 Å². The van der Waals surface area contributed by atoms with E-state index in [2.05, 4.69) is 5.92 Å². The summed E-state index contributed by atoms with van der Waals surface area (Å²) < 4.78 is 0. The smallest absolute Gasteiger partial charge is 0.0530 e. The van der Waals surface area contributed by atoms with Crippen LogP contribution in [0.15, 0.2) is 0 Å². The SMILES string of the molecule is C#CC12CC3CC(CC(C3)C1Cl)C2. The fourth-order valence-electron chi connectivity index (χ4n) is 4.18. The minimum absolute atomic E-state index is 0.0936. The fraction of sp³-hybridized carbons (Fsp3) is 0.833. The molecule has 4 aliphatic rings. The van der Waals surface area contributed by atoms with Gasteiger partial charge in [0, 0.05) is 5.41 Å². The third-order valence-electron chi connectivity index (χ3n) is 4.47. The molecule has 70 valence electrons. The van der Waals surface area contributed by atoms with Crippen molar-refractivity contribution in [1.29, 1.82) is 0 Å². The molecule has 4 saturated carbocycles. The van der Waals surface area contributed by atoms with Crippen molar-refractivity contribution in [3.05, 3.63) is 0 Å². The summed E-state index contributed by atoms with van der Waals surface area (Å²) in [6, 6.07) is 0. The molecule has 4 fully saturated rings. The van der Waals surface area contributed by atoms with Gasteiger partial charge in [0.15, 0.2) is 0 Å². The first-order valence-corrected chi connectivity index (χ1v) is 5.79. The molecule has 0 nitrogen and oxygen atoms in total. The lowest BCUT2D eigenvalue weighted by Gasteiger charge is -2.57. The molecule has 0 spiro atoms. The van der Waals surface area contributed by atoms with E-state index >= 15 is 0 Å². The number of alkyl halides is 1. The van der Waals surface area contributed by atoms with Crippen LogP contribution < -0.4 is 0 Å². The number of terminal acetylenes is 1. The van der Waals surface area contributed by atoms with E-state index in [1.165, 1.54) is 32.1 Å². The highest BCUT2D eigenvalue weighted by molar-refractivity contribution is 6.21. The van der Waals surface area contributed by atoms with E-state index in [1.54, 1.807) is 0 Å². The quantitative estimate of drug-likeness (QED) is 0.411. The van der Waals surface area contributed by atoms with Crippen LogP contribution in [0, 0.1) is 35.5 Å². The monoisotopic (exact) mass is 194 g/mol. The van der Waals surface area contributed by atoms with E-state index in [9.17, 15) is 0 Å². The average Bonchev–Trinajstić information content (AvgIpc) is 2.12. The molecule has 0 aromatic heterocycles. The van der Waals surface area contributed by atoms with Crippen LogP contribution in [-0.2, 0) is 0 Å². The molecule has 0 aromatic carbocycles. The Bertz CT molecular complexity index is 261. The third-order valence-corrected chi connectivity index (χ3v) is 5.25. The predicted molar refractivity (Wildman–Crippen MR) is 54.5 cm³/mol. The molecule has 0 aliphatic heterocycles. The average molecular weight is 195 g/mol. The van der Waals surface area contributed by atoms with E-state index < -0.39 is 0 Å². The number of halogens is 1. The molecule has 0 N–H and O–H groups in total. The maximum atomic E-state index is 6.48. The van der Waals surface area contributed by atoms with Crippen LogP contribution in [0.2, 0.25) is 0 Å². The van der Waals surface area contributed by atoms with Crippen molar-refractivity contribution in [3.63, 3.8) is 0 Å². The predicted octanol–water partition coefficient (Wildman–Crippen LogP) is 3.05. The molecular weight excluding hydrogens is 180 g/mol. The van der Waals surface area contributed by atoms with Gasteiger partial charge in [0.1, 0.15) is 0 Å². The Morgan fingerprint density at radius 3 is 2.31 bits per heavy atom. The third kappa shape index (κ3) is 0.947. The normalized spacial score (nSPS) is 57.8. The van der Waals surface area contributed by atoms with E-state index in [0.29, 0.717) is 0 Å². The van der Waals surface area contributed by atoms with Crippen molar-refractivity contribution in [1.82, 2.24) is 0 Å². The van der Waals surface area contributed by atoms with Crippen molar-refractivity contribution in [3.8, 4) is 12.3 Å². The van der Waals surface area contributed by atoms with Gasteiger partial charge in [-0.25, -0.2) is 0 Å². The van der Waals surface area contributed by atoms with Gasteiger partial charge in [0.25, 0.3) is 0 Å². The molecule has 3 atom stereocenters. The van der Waals surface area contributed by atoms with Gasteiger partial charge < -0.3 is 0 Å². The number of hydrogen-bond acceptors (Lipinski definition) is 0. The van der Waals surface area contributed by atoms with Gasteiger partial charge in [0.05, 0.1) is 5.38 Å². The molecule has 3 unspecified atom stereocenters. The van der Waals surface area contributed by atoms with Crippen LogP contribution in [0.5, 0.6) is 0 Å². The van der Waals surface area contributed by atoms with Gasteiger partial charge in [-0.15, -0.1) is 18.0 Å². The van der Waals surface area contributed by atoms with E-state index in [0.717, 1.165) is 17.8 Å². The Morgan fingerprint density at radius 2 is 1.77 bits per heavy atom. The van der Waals surface area contributed by atoms with Crippen molar-refractivity contribution in [2.75, 3.05) is 0 Å². The highest BCUT2D eigenvalue weighted by Crippen LogP contribution is 2.61. The molecule has 0 amide bonds. The summed E-state index contributed by atoms with van der Waals surface area (Å²) in [7, 11) is 0. The molecule has 0 heterocycles. The first kappa shape index (κ1) is 8.18. The van der Waals surface area contributed by atoms with Crippen molar-refractivity contribution < 1.29 is 0 Å². The summed E-state index contributed by atoms with van der Waals surface area (Å²) >= 11 is 6.48. The second kappa shape index (κ2) is 2.45. The van der Waals surface area contributed by atoms with Crippen molar-refractivity contribution in [2.45, 2.75) is 37.5 Å². The zero-order chi connectivity index (χ0) is 9.05. The molecule has 0 aromatic rings. The summed E-state index contributed by atoms with van der Waals surface area (Å²) in [6.07, 6.45) is 12.3. The van der Waals surface area contributed by atoms with Crippen LogP contribution in [-0.4, -0.2) is 5.38 Å². The highest BCUT2D eigenvalue weighted by atomic mass is 35.5. The van der Waals surface area contributed by atoms with E-state index in [-0.39, 0.29) is 10.8 Å².